The van der Waals surface area contributed by atoms with E-state index in [1.165, 1.54) is 11.0 Å². The third kappa shape index (κ3) is 4.24. The highest BCUT2D eigenvalue weighted by atomic mass is 16.5. The Morgan fingerprint density at radius 3 is 2.62 bits per heavy atom. The molecule has 0 radical (unpaired) electrons. The van der Waals surface area contributed by atoms with Gasteiger partial charge in [-0.1, -0.05) is 25.1 Å². The van der Waals surface area contributed by atoms with Crippen LogP contribution in [-0.2, 0) is 13.0 Å². The minimum atomic E-state index is -0.399. The molecule has 1 aromatic heterocycles. The molecule has 0 aliphatic rings. The Balaban J connectivity index is 1.73. The second-order valence-electron chi connectivity index (χ2n) is 6.47. The van der Waals surface area contributed by atoms with Crippen molar-refractivity contribution in [3.8, 4) is 11.5 Å². The van der Waals surface area contributed by atoms with Crippen LogP contribution in [-0.4, -0.2) is 25.3 Å². The summed E-state index contributed by atoms with van der Waals surface area (Å²) in [5.74, 6) is 1.02. The number of likely N-dealkylation sites (N-methyl/N-ethyl adjacent to an activating group) is 1. The second kappa shape index (κ2) is 8.06. The molecule has 2 N–H and O–H groups in total. The summed E-state index contributed by atoms with van der Waals surface area (Å²) in [5, 5.41) is 10.9. The minimum absolute atomic E-state index is 0.164. The molecule has 3 rings (SSSR count). The highest BCUT2D eigenvalue weighted by molar-refractivity contribution is 5.82. The van der Waals surface area contributed by atoms with Gasteiger partial charge < -0.3 is 19.2 Å². The van der Waals surface area contributed by atoms with E-state index in [1.54, 1.807) is 6.07 Å². The van der Waals surface area contributed by atoms with Gasteiger partial charge in [0, 0.05) is 23.1 Å². The summed E-state index contributed by atoms with van der Waals surface area (Å²) in [4.78, 5) is 13.1. The zero-order valence-corrected chi connectivity index (χ0v) is 15.1. The molecule has 0 aliphatic heterocycles. The lowest BCUT2D eigenvalue weighted by atomic mass is 10.0. The van der Waals surface area contributed by atoms with Crippen LogP contribution in [0, 0.1) is 0 Å². The van der Waals surface area contributed by atoms with Gasteiger partial charge in [0.15, 0.2) is 0 Å². The average molecular weight is 354 g/mol. The fourth-order valence-corrected chi connectivity index (χ4v) is 3.01. The van der Waals surface area contributed by atoms with E-state index in [9.17, 15) is 9.90 Å². The van der Waals surface area contributed by atoms with Crippen molar-refractivity contribution in [2.45, 2.75) is 19.9 Å². The van der Waals surface area contributed by atoms with E-state index in [0.717, 1.165) is 28.8 Å². The standard InChI is InChI=1S/C21H23NO4/c1-3-15-11-18-16(12-21(24)26-20(18)13-19(15)23)14-22(2)9-10-25-17-7-5-4-6-8-17/h4-8,11-13,23H,3,9-10,14H2,1-2H3/p+1. The lowest BCUT2D eigenvalue weighted by Gasteiger charge is -2.16. The first-order valence-corrected chi connectivity index (χ1v) is 8.84. The molecule has 1 heterocycles. The van der Waals surface area contributed by atoms with Crippen LogP contribution in [0.4, 0.5) is 0 Å². The van der Waals surface area contributed by atoms with Gasteiger partial charge in [0.25, 0.3) is 0 Å². The lowest BCUT2D eigenvalue weighted by molar-refractivity contribution is -0.893. The number of aryl methyl sites for hydroxylation is 1. The van der Waals surface area contributed by atoms with Gasteiger partial charge in [0.05, 0.1) is 7.05 Å². The van der Waals surface area contributed by atoms with Gasteiger partial charge in [-0.3, -0.25) is 0 Å². The number of ether oxygens (including phenoxy) is 1. The van der Waals surface area contributed by atoms with Crippen molar-refractivity contribution >= 4 is 11.0 Å². The first-order valence-electron chi connectivity index (χ1n) is 8.84. The molecule has 0 fully saturated rings. The van der Waals surface area contributed by atoms with Gasteiger partial charge in [-0.15, -0.1) is 0 Å². The molecule has 136 valence electrons. The number of fused-ring (bicyclic) bond motifs is 1. The first-order chi connectivity index (χ1) is 12.6. The van der Waals surface area contributed by atoms with Crippen molar-refractivity contribution in [2.75, 3.05) is 20.2 Å². The number of benzene rings is 2. The van der Waals surface area contributed by atoms with Crippen LogP contribution < -0.4 is 15.3 Å². The van der Waals surface area contributed by atoms with E-state index in [0.29, 0.717) is 25.2 Å². The molecule has 1 atom stereocenters. The predicted molar refractivity (Wildman–Crippen MR) is 101 cm³/mol. The number of phenolic OH excluding ortho intramolecular Hbond substituents is 1. The summed E-state index contributed by atoms with van der Waals surface area (Å²) < 4.78 is 11.0. The van der Waals surface area contributed by atoms with Gasteiger partial charge in [0.2, 0.25) is 0 Å². The number of quaternary nitrogens is 1. The summed E-state index contributed by atoms with van der Waals surface area (Å²) in [6.45, 7) is 4.05. The molecule has 5 nitrogen and oxygen atoms in total. The maximum atomic E-state index is 11.9. The summed E-state index contributed by atoms with van der Waals surface area (Å²) >= 11 is 0. The fraction of sp³-hybridized carbons (Fsp3) is 0.286. The van der Waals surface area contributed by atoms with E-state index >= 15 is 0 Å². The Kier molecular flexibility index (Phi) is 5.58. The maximum Gasteiger partial charge on any atom is 0.336 e. The number of hydrogen-bond donors (Lipinski definition) is 2. The lowest BCUT2D eigenvalue weighted by Crippen LogP contribution is -3.08. The number of hydrogen-bond acceptors (Lipinski definition) is 4. The summed E-state index contributed by atoms with van der Waals surface area (Å²) in [6.07, 6.45) is 0.716. The highest BCUT2D eigenvalue weighted by Crippen LogP contribution is 2.26. The van der Waals surface area contributed by atoms with Crippen LogP contribution in [0.5, 0.6) is 11.5 Å². The number of aromatic hydroxyl groups is 1. The second-order valence-corrected chi connectivity index (χ2v) is 6.47. The van der Waals surface area contributed by atoms with Crippen LogP contribution in [0.15, 0.2) is 57.7 Å². The zero-order valence-electron chi connectivity index (χ0n) is 15.1. The summed E-state index contributed by atoms with van der Waals surface area (Å²) in [7, 11) is 2.07. The molecule has 3 aromatic rings. The quantitative estimate of drug-likeness (QED) is 0.638. The largest absolute Gasteiger partial charge is 0.508 e. The average Bonchev–Trinajstić information content (AvgIpc) is 2.62. The van der Waals surface area contributed by atoms with Crippen LogP contribution in [0.3, 0.4) is 0 Å². The zero-order chi connectivity index (χ0) is 18.5. The van der Waals surface area contributed by atoms with E-state index in [1.807, 2.05) is 43.3 Å². The molecular weight excluding hydrogens is 330 g/mol. The molecule has 0 bridgehead atoms. The Hall–Kier alpha value is -2.79. The SMILES string of the molecule is CCc1cc2c(C[NH+](C)CCOc3ccccc3)cc(=O)oc2cc1O. The van der Waals surface area contributed by atoms with Crippen molar-refractivity contribution in [3.05, 3.63) is 70.1 Å². The fourth-order valence-electron chi connectivity index (χ4n) is 3.01. The van der Waals surface area contributed by atoms with Crippen LogP contribution in [0.2, 0.25) is 0 Å². The molecular formula is C21H24NO4+. The molecule has 0 aliphatic carbocycles. The van der Waals surface area contributed by atoms with Gasteiger partial charge in [0.1, 0.15) is 36.8 Å². The van der Waals surface area contributed by atoms with Crippen LogP contribution in [0.1, 0.15) is 18.1 Å². The van der Waals surface area contributed by atoms with Gasteiger partial charge >= 0.3 is 5.63 Å². The van der Waals surface area contributed by atoms with Crippen molar-refractivity contribution in [2.24, 2.45) is 0 Å². The number of phenols is 1. The molecule has 0 amide bonds. The molecule has 2 aromatic carbocycles. The minimum Gasteiger partial charge on any atom is -0.508 e. The number of para-hydroxylation sites is 1. The molecule has 5 heteroatoms. The van der Waals surface area contributed by atoms with E-state index < -0.39 is 5.63 Å². The van der Waals surface area contributed by atoms with Crippen molar-refractivity contribution < 1.29 is 19.2 Å². The third-order valence-corrected chi connectivity index (χ3v) is 4.44. The predicted octanol–water partition coefficient (Wildman–Crippen LogP) is 2.15. The Bertz CT molecular complexity index is 934. The highest BCUT2D eigenvalue weighted by Gasteiger charge is 2.13. The molecule has 0 saturated carbocycles. The smallest absolute Gasteiger partial charge is 0.336 e. The third-order valence-electron chi connectivity index (χ3n) is 4.44. The van der Waals surface area contributed by atoms with E-state index in [4.69, 9.17) is 9.15 Å². The Labute approximate surface area is 152 Å². The van der Waals surface area contributed by atoms with E-state index in [2.05, 4.69) is 7.05 Å². The van der Waals surface area contributed by atoms with Crippen LogP contribution >= 0.6 is 0 Å². The topological polar surface area (TPSA) is 64.1 Å². The normalized spacial score (nSPS) is 12.2. The Morgan fingerprint density at radius 1 is 1.12 bits per heavy atom. The van der Waals surface area contributed by atoms with Gasteiger partial charge in [-0.2, -0.15) is 0 Å². The van der Waals surface area contributed by atoms with Gasteiger partial charge in [-0.05, 0) is 30.2 Å². The monoisotopic (exact) mass is 354 g/mol. The van der Waals surface area contributed by atoms with E-state index in [-0.39, 0.29) is 5.75 Å². The summed E-state index contributed by atoms with van der Waals surface area (Å²) in [6, 6.07) is 14.7. The van der Waals surface area contributed by atoms with Crippen molar-refractivity contribution in [1.82, 2.24) is 0 Å². The molecule has 0 saturated heterocycles. The molecule has 0 spiro atoms. The number of rotatable bonds is 7. The van der Waals surface area contributed by atoms with Crippen molar-refractivity contribution in [3.63, 3.8) is 0 Å². The van der Waals surface area contributed by atoms with Crippen LogP contribution in [0.25, 0.3) is 11.0 Å². The maximum absolute atomic E-state index is 11.9. The summed E-state index contributed by atoms with van der Waals surface area (Å²) in [5.41, 5.74) is 1.79. The first kappa shape index (κ1) is 18.0. The van der Waals surface area contributed by atoms with Crippen molar-refractivity contribution in [1.29, 1.82) is 0 Å². The van der Waals surface area contributed by atoms with Gasteiger partial charge in [-0.25, -0.2) is 4.79 Å². The number of nitrogens with one attached hydrogen (secondary N) is 1. The Morgan fingerprint density at radius 2 is 1.88 bits per heavy atom. The molecule has 26 heavy (non-hydrogen) atoms. The molecule has 1 unspecified atom stereocenters.